The molecule has 0 radical (unpaired) electrons. The van der Waals surface area contributed by atoms with Crippen molar-refractivity contribution >= 4 is 0 Å². The maximum absolute atomic E-state index is 2.38. The van der Waals surface area contributed by atoms with Crippen LogP contribution in [0.5, 0.6) is 0 Å². The summed E-state index contributed by atoms with van der Waals surface area (Å²) in [6.45, 7) is 16.3. The van der Waals surface area contributed by atoms with E-state index in [1.54, 1.807) is 0 Å². The van der Waals surface area contributed by atoms with E-state index in [1.165, 1.54) is 30.4 Å². The second-order valence-electron chi connectivity index (χ2n) is 6.95. The molecule has 0 bridgehead atoms. The molecule has 1 aromatic carbocycles. The smallest absolute Gasteiger partial charge is 0.00805 e. The topological polar surface area (TPSA) is 0 Å². The molecule has 0 nitrogen and oxygen atoms in total. The minimum atomic E-state index is 0.335. The van der Waals surface area contributed by atoms with Crippen molar-refractivity contribution < 1.29 is 0 Å². The summed E-state index contributed by atoms with van der Waals surface area (Å²) in [7, 11) is 0. The van der Waals surface area contributed by atoms with Crippen molar-refractivity contribution in [2.45, 2.75) is 79.1 Å². The van der Waals surface area contributed by atoms with Gasteiger partial charge in [-0.05, 0) is 40.7 Å². The van der Waals surface area contributed by atoms with E-state index in [1.807, 2.05) is 0 Å². The predicted molar refractivity (Wildman–Crippen MR) is 86.9 cm³/mol. The van der Waals surface area contributed by atoms with Crippen LogP contribution in [-0.2, 0) is 5.41 Å². The van der Waals surface area contributed by atoms with Gasteiger partial charge in [-0.25, -0.2) is 0 Å². The summed E-state index contributed by atoms with van der Waals surface area (Å²) in [6, 6.07) is 9.40. The third-order valence-electron chi connectivity index (χ3n) is 5.75. The third kappa shape index (κ3) is 3.41. The average molecular weight is 260 g/mol. The lowest BCUT2D eigenvalue weighted by Crippen LogP contribution is -2.21. The van der Waals surface area contributed by atoms with E-state index in [-0.39, 0.29) is 0 Å². The van der Waals surface area contributed by atoms with E-state index in [0.29, 0.717) is 16.7 Å². The molecule has 1 atom stereocenters. The largest absolute Gasteiger partial charge is 0.0649 e. The van der Waals surface area contributed by atoms with Crippen molar-refractivity contribution in [3.8, 4) is 0 Å². The molecule has 1 unspecified atom stereocenters. The van der Waals surface area contributed by atoms with E-state index in [2.05, 4.69) is 72.7 Å². The normalized spacial score (nSPS) is 14.5. The quantitative estimate of drug-likeness (QED) is 0.562. The molecule has 0 aromatic heterocycles. The lowest BCUT2D eigenvalue weighted by atomic mass is 9.73. The van der Waals surface area contributed by atoms with Crippen LogP contribution < -0.4 is 0 Å². The summed E-state index contributed by atoms with van der Waals surface area (Å²) in [5, 5.41) is 0. The molecule has 0 heteroatoms. The molecule has 0 spiro atoms. The lowest BCUT2D eigenvalue weighted by Gasteiger charge is -2.32. The van der Waals surface area contributed by atoms with Crippen LogP contribution in [0.1, 0.15) is 84.8 Å². The molecule has 19 heavy (non-hydrogen) atoms. The van der Waals surface area contributed by atoms with Crippen LogP contribution in [0.25, 0.3) is 0 Å². The van der Waals surface area contributed by atoms with Crippen molar-refractivity contribution in [2.75, 3.05) is 0 Å². The zero-order chi connectivity index (χ0) is 14.7. The number of benzene rings is 1. The highest BCUT2D eigenvalue weighted by molar-refractivity contribution is 5.31. The molecule has 0 aliphatic heterocycles. The van der Waals surface area contributed by atoms with Gasteiger partial charge in [0.25, 0.3) is 0 Å². The molecule has 0 saturated heterocycles. The molecule has 0 N–H and O–H groups in total. The van der Waals surface area contributed by atoms with Crippen LogP contribution in [0.2, 0.25) is 0 Å². The molecule has 1 rings (SSSR count). The summed E-state index contributed by atoms with van der Waals surface area (Å²) in [6.07, 6.45) is 3.63. The Hall–Kier alpha value is -0.780. The van der Waals surface area contributed by atoms with E-state index >= 15 is 0 Å². The molecule has 0 fully saturated rings. The fourth-order valence-corrected chi connectivity index (χ4v) is 2.59. The number of rotatable bonds is 6. The first-order valence-electron chi connectivity index (χ1n) is 7.91. The standard InChI is InChI=1S/C19H32/c1-8-18(5,6)15(4)16-11-13-17(14-12-16)19(7,9-2)10-3/h11-15H,8-10H2,1-7H3. The van der Waals surface area contributed by atoms with Crippen molar-refractivity contribution in [3.05, 3.63) is 35.4 Å². The molecular formula is C19H32. The van der Waals surface area contributed by atoms with E-state index in [0.717, 1.165) is 0 Å². The van der Waals surface area contributed by atoms with Crippen molar-refractivity contribution in [1.82, 2.24) is 0 Å². The molecule has 0 aliphatic rings. The van der Waals surface area contributed by atoms with Gasteiger partial charge in [-0.1, -0.05) is 79.2 Å². The number of hydrogen-bond acceptors (Lipinski definition) is 0. The summed E-state index contributed by atoms with van der Waals surface area (Å²) in [5.41, 5.74) is 3.68. The van der Waals surface area contributed by atoms with Crippen molar-refractivity contribution in [1.29, 1.82) is 0 Å². The molecule has 0 aliphatic carbocycles. The first-order valence-corrected chi connectivity index (χ1v) is 7.91. The summed E-state index contributed by atoms with van der Waals surface area (Å²) >= 11 is 0. The van der Waals surface area contributed by atoms with Crippen LogP contribution in [0, 0.1) is 5.41 Å². The Balaban J connectivity index is 3.00. The Bertz CT molecular complexity index is 379. The highest BCUT2D eigenvalue weighted by atomic mass is 14.3. The lowest BCUT2D eigenvalue weighted by molar-refractivity contribution is 0.289. The van der Waals surface area contributed by atoms with Crippen LogP contribution in [0.4, 0.5) is 0 Å². The predicted octanol–water partition coefficient (Wildman–Crippen LogP) is 6.30. The zero-order valence-corrected chi connectivity index (χ0v) is 14.0. The van der Waals surface area contributed by atoms with E-state index in [4.69, 9.17) is 0 Å². The van der Waals surface area contributed by atoms with Crippen molar-refractivity contribution in [3.63, 3.8) is 0 Å². The molecular weight excluding hydrogens is 228 g/mol. The molecule has 108 valence electrons. The SMILES string of the molecule is CCC(C)(CC)c1ccc(C(C)C(C)(C)CC)cc1. The van der Waals surface area contributed by atoms with Gasteiger partial charge >= 0.3 is 0 Å². The van der Waals surface area contributed by atoms with Gasteiger partial charge in [-0.15, -0.1) is 0 Å². The number of hydrogen-bond donors (Lipinski definition) is 0. The van der Waals surface area contributed by atoms with Crippen LogP contribution in [0.3, 0.4) is 0 Å². The van der Waals surface area contributed by atoms with Gasteiger partial charge in [0.05, 0.1) is 0 Å². The van der Waals surface area contributed by atoms with Crippen LogP contribution in [-0.4, -0.2) is 0 Å². The fraction of sp³-hybridized carbons (Fsp3) is 0.684. The molecule has 0 heterocycles. The third-order valence-corrected chi connectivity index (χ3v) is 5.75. The zero-order valence-electron chi connectivity index (χ0n) is 14.0. The van der Waals surface area contributed by atoms with Crippen molar-refractivity contribution in [2.24, 2.45) is 5.41 Å². The summed E-state index contributed by atoms with van der Waals surface area (Å²) in [5.74, 6) is 0.612. The Kier molecular flexibility index (Phi) is 5.24. The van der Waals surface area contributed by atoms with Gasteiger partial charge in [0, 0.05) is 0 Å². The Labute approximate surface area is 120 Å². The average Bonchev–Trinajstić information content (AvgIpc) is 2.45. The van der Waals surface area contributed by atoms with E-state index < -0.39 is 0 Å². The first kappa shape index (κ1) is 16.3. The highest BCUT2D eigenvalue weighted by Crippen LogP contribution is 2.39. The molecule has 1 aromatic rings. The van der Waals surface area contributed by atoms with Gasteiger partial charge < -0.3 is 0 Å². The minimum Gasteiger partial charge on any atom is -0.0649 e. The molecule has 0 saturated carbocycles. The second kappa shape index (κ2) is 6.11. The van der Waals surface area contributed by atoms with Gasteiger partial charge in [0.1, 0.15) is 0 Å². The Morgan fingerprint density at radius 3 is 1.68 bits per heavy atom. The maximum atomic E-state index is 2.38. The summed E-state index contributed by atoms with van der Waals surface area (Å²) in [4.78, 5) is 0. The van der Waals surface area contributed by atoms with Gasteiger partial charge in [-0.2, -0.15) is 0 Å². The fourth-order valence-electron chi connectivity index (χ4n) is 2.59. The van der Waals surface area contributed by atoms with Gasteiger partial charge in [-0.3, -0.25) is 0 Å². The van der Waals surface area contributed by atoms with Crippen LogP contribution >= 0.6 is 0 Å². The Morgan fingerprint density at radius 1 is 0.842 bits per heavy atom. The monoisotopic (exact) mass is 260 g/mol. The van der Waals surface area contributed by atoms with Crippen LogP contribution in [0.15, 0.2) is 24.3 Å². The Morgan fingerprint density at radius 2 is 1.32 bits per heavy atom. The molecule has 0 amide bonds. The first-order chi connectivity index (χ1) is 8.80. The summed E-state index contributed by atoms with van der Waals surface area (Å²) < 4.78 is 0. The maximum Gasteiger partial charge on any atom is -0.00805 e. The second-order valence-corrected chi connectivity index (χ2v) is 6.95. The van der Waals surface area contributed by atoms with E-state index in [9.17, 15) is 0 Å². The highest BCUT2D eigenvalue weighted by Gasteiger charge is 2.26. The van der Waals surface area contributed by atoms with Gasteiger partial charge in [0.2, 0.25) is 0 Å². The minimum absolute atomic E-state index is 0.335. The van der Waals surface area contributed by atoms with Gasteiger partial charge in [0.15, 0.2) is 0 Å².